The van der Waals surface area contributed by atoms with Gasteiger partial charge in [-0.25, -0.2) is 4.68 Å². The Labute approximate surface area is 104 Å². The lowest BCUT2D eigenvalue weighted by Crippen LogP contribution is -2.07. The molecule has 1 N–H and O–H groups in total. The van der Waals surface area contributed by atoms with Gasteiger partial charge in [-0.1, -0.05) is 18.2 Å². The molecule has 18 heavy (non-hydrogen) atoms. The van der Waals surface area contributed by atoms with E-state index >= 15 is 0 Å². The Bertz CT molecular complexity index is 563. The van der Waals surface area contributed by atoms with Crippen molar-refractivity contribution >= 4 is 11.5 Å². The maximum absolute atomic E-state index is 11.1. The van der Waals surface area contributed by atoms with E-state index in [0.29, 0.717) is 18.1 Å². The summed E-state index contributed by atoms with van der Waals surface area (Å²) in [6.07, 6.45) is 0. The molecule has 0 radical (unpaired) electrons. The zero-order chi connectivity index (χ0) is 13.1. The summed E-state index contributed by atoms with van der Waals surface area (Å²) in [5, 5.41) is 18.3. The van der Waals surface area contributed by atoms with Crippen molar-refractivity contribution in [2.75, 3.05) is 11.9 Å². The summed E-state index contributed by atoms with van der Waals surface area (Å²) in [6.45, 7) is 4.12. The van der Waals surface area contributed by atoms with E-state index in [2.05, 4.69) is 10.4 Å². The van der Waals surface area contributed by atoms with Crippen LogP contribution in [0.15, 0.2) is 30.3 Å². The van der Waals surface area contributed by atoms with Gasteiger partial charge in [0.25, 0.3) is 0 Å². The van der Waals surface area contributed by atoms with Crippen LogP contribution in [0.1, 0.15) is 12.6 Å². The number of hydrogen-bond donors (Lipinski definition) is 1. The van der Waals surface area contributed by atoms with Crippen LogP contribution in [0.2, 0.25) is 0 Å². The van der Waals surface area contributed by atoms with Crippen molar-refractivity contribution in [3.8, 4) is 5.69 Å². The molecule has 6 nitrogen and oxygen atoms in total. The van der Waals surface area contributed by atoms with Gasteiger partial charge in [0.15, 0.2) is 0 Å². The largest absolute Gasteiger partial charge is 0.365 e. The van der Waals surface area contributed by atoms with Gasteiger partial charge >= 0.3 is 5.69 Å². The van der Waals surface area contributed by atoms with Crippen molar-refractivity contribution in [1.82, 2.24) is 9.78 Å². The zero-order valence-electron chi connectivity index (χ0n) is 10.3. The first-order valence-electron chi connectivity index (χ1n) is 5.68. The third-order valence-corrected chi connectivity index (χ3v) is 2.56. The molecule has 6 heteroatoms. The fourth-order valence-electron chi connectivity index (χ4n) is 1.82. The van der Waals surface area contributed by atoms with Crippen molar-refractivity contribution in [2.24, 2.45) is 0 Å². The van der Waals surface area contributed by atoms with Crippen molar-refractivity contribution < 1.29 is 4.92 Å². The van der Waals surface area contributed by atoms with Crippen molar-refractivity contribution in [1.29, 1.82) is 0 Å². The molecule has 0 saturated heterocycles. The molecule has 94 valence electrons. The molecule has 1 heterocycles. The van der Waals surface area contributed by atoms with E-state index in [1.54, 1.807) is 11.6 Å². The smallest absolute Gasteiger partial charge is 0.334 e. The topological polar surface area (TPSA) is 73.0 Å². The first-order valence-corrected chi connectivity index (χ1v) is 5.68. The highest BCUT2D eigenvalue weighted by molar-refractivity contribution is 5.62. The van der Waals surface area contributed by atoms with E-state index in [4.69, 9.17) is 0 Å². The predicted octanol–water partition coefficient (Wildman–Crippen LogP) is 2.52. The molecular formula is C12H14N4O2. The number of nitrogens with zero attached hydrogens (tertiary/aromatic N) is 3. The highest BCUT2D eigenvalue weighted by Gasteiger charge is 2.25. The van der Waals surface area contributed by atoms with Gasteiger partial charge in [0.2, 0.25) is 5.82 Å². The number of nitrogens with one attached hydrogen (secondary N) is 1. The molecule has 0 atom stereocenters. The molecule has 0 spiro atoms. The third kappa shape index (κ3) is 2.04. The third-order valence-electron chi connectivity index (χ3n) is 2.56. The molecule has 2 aromatic rings. The van der Waals surface area contributed by atoms with Crippen LogP contribution in [0, 0.1) is 17.0 Å². The van der Waals surface area contributed by atoms with Crippen molar-refractivity contribution in [3.05, 3.63) is 46.1 Å². The van der Waals surface area contributed by atoms with Crippen LogP contribution in [0.4, 0.5) is 11.5 Å². The summed E-state index contributed by atoms with van der Waals surface area (Å²) >= 11 is 0. The molecule has 0 unspecified atom stereocenters. The Balaban J connectivity index is 2.61. The maximum atomic E-state index is 11.1. The van der Waals surface area contributed by atoms with Gasteiger partial charge in [-0.2, -0.15) is 5.10 Å². The number of nitro groups is 1. The number of aryl methyl sites for hydroxylation is 1. The molecule has 1 aromatic carbocycles. The summed E-state index contributed by atoms with van der Waals surface area (Å²) in [6, 6.07) is 9.34. The van der Waals surface area contributed by atoms with Crippen LogP contribution in [-0.2, 0) is 0 Å². The average molecular weight is 246 g/mol. The van der Waals surface area contributed by atoms with Gasteiger partial charge in [-0.05, 0) is 26.0 Å². The van der Waals surface area contributed by atoms with Crippen molar-refractivity contribution in [3.63, 3.8) is 0 Å². The number of anilines is 1. The molecule has 0 aliphatic heterocycles. The Kier molecular flexibility index (Phi) is 3.27. The van der Waals surface area contributed by atoms with Crippen LogP contribution in [-0.4, -0.2) is 21.2 Å². The fourth-order valence-corrected chi connectivity index (χ4v) is 1.82. The second-order valence-electron chi connectivity index (χ2n) is 3.82. The SMILES string of the molecule is CCNc1c([N+](=O)[O-])c(C)nn1-c1ccccc1. The minimum Gasteiger partial charge on any atom is -0.365 e. The number of para-hydroxylation sites is 1. The van der Waals surface area contributed by atoms with Gasteiger partial charge in [0.1, 0.15) is 5.69 Å². The Hall–Kier alpha value is -2.37. The second kappa shape index (κ2) is 4.87. The van der Waals surface area contributed by atoms with Gasteiger partial charge in [0.05, 0.1) is 10.6 Å². The van der Waals surface area contributed by atoms with Crippen LogP contribution < -0.4 is 5.32 Å². The molecule has 2 rings (SSSR count). The van der Waals surface area contributed by atoms with E-state index < -0.39 is 4.92 Å². The highest BCUT2D eigenvalue weighted by Crippen LogP contribution is 2.30. The predicted molar refractivity (Wildman–Crippen MR) is 69.1 cm³/mol. The molecule has 0 aliphatic rings. The standard InChI is InChI=1S/C12H14N4O2/c1-3-13-12-11(16(17)18)9(2)14-15(12)10-7-5-4-6-8-10/h4-8,13H,3H2,1-2H3. The van der Waals surface area contributed by atoms with Gasteiger partial charge in [0, 0.05) is 6.54 Å². The lowest BCUT2D eigenvalue weighted by atomic mass is 10.3. The van der Waals surface area contributed by atoms with E-state index in [0.717, 1.165) is 5.69 Å². The maximum Gasteiger partial charge on any atom is 0.334 e. The number of rotatable bonds is 4. The van der Waals surface area contributed by atoms with E-state index in [9.17, 15) is 10.1 Å². The molecule has 1 aromatic heterocycles. The summed E-state index contributed by atoms with van der Waals surface area (Å²) < 4.78 is 1.57. The summed E-state index contributed by atoms with van der Waals surface area (Å²) in [4.78, 5) is 10.7. The molecule has 0 bridgehead atoms. The molecule has 0 aliphatic carbocycles. The van der Waals surface area contributed by atoms with E-state index in [1.165, 1.54) is 0 Å². The van der Waals surface area contributed by atoms with E-state index in [-0.39, 0.29) is 5.69 Å². The fraction of sp³-hybridized carbons (Fsp3) is 0.250. The quantitative estimate of drug-likeness (QED) is 0.664. The number of hydrogen-bond acceptors (Lipinski definition) is 4. The van der Waals surface area contributed by atoms with Gasteiger partial charge in [-0.3, -0.25) is 10.1 Å². The minimum atomic E-state index is -0.403. The van der Waals surface area contributed by atoms with Gasteiger partial charge < -0.3 is 5.32 Å². The molecular weight excluding hydrogens is 232 g/mol. The Morgan fingerprint density at radius 1 is 1.39 bits per heavy atom. The summed E-state index contributed by atoms with van der Waals surface area (Å²) in [5.41, 5.74) is 1.23. The number of benzene rings is 1. The molecule has 0 saturated carbocycles. The first kappa shape index (κ1) is 12.1. The normalized spacial score (nSPS) is 10.3. The van der Waals surface area contributed by atoms with Crippen LogP contribution in [0.3, 0.4) is 0 Å². The summed E-state index contributed by atoms with van der Waals surface area (Å²) in [5.74, 6) is 0.422. The van der Waals surface area contributed by atoms with Crippen LogP contribution >= 0.6 is 0 Å². The average Bonchev–Trinajstić information content (AvgIpc) is 2.68. The van der Waals surface area contributed by atoms with E-state index in [1.807, 2.05) is 37.3 Å². The Morgan fingerprint density at radius 3 is 2.61 bits per heavy atom. The lowest BCUT2D eigenvalue weighted by molar-refractivity contribution is -0.384. The second-order valence-corrected chi connectivity index (χ2v) is 3.82. The lowest BCUT2D eigenvalue weighted by Gasteiger charge is -2.07. The zero-order valence-corrected chi connectivity index (χ0v) is 10.3. The monoisotopic (exact) mass is 246 g/mol. The van der Waals surface area contributed by atoms with Gasteiger partial charge in [-0.15, -0.1) is 0 Å². The first-order chi connectivity index (χ1) is 8.65. The Morgan fingerprint density at radius 2 is 2.06 bits per heavy atom. The molecule has 0 amide bonds. The molecule has 0 fully saturated rings. The van der Waals surface area contributed by atoms with Crippen LogP contribution in [0.25, 0.3) is 5.69 Å². The van der Waals surface area contributed by atoms with Crippen LogP contribution in [0.5, 0.6) is 0 Å². The number of aromatic nitrogens is 2. The summed E-state index contributed by atoms with van der Waals surface area (Å²) in [7, 11) is 0. The van der Waals surface area contributed by atoms with Crippen molar-refractivity contribution in [2.45, 2.75) is 13.8 Å². The minimum absolute atomic E-state index is 0.0284. The highest BCUT2D eigenvalue weighted by atomic mass is 16.6.